The number of carbonyl (C=O) groups is 2. The smallest absolute Gasteiger partial charge is 0.328 e. The number of methoxy groups -OCH3 is 1. The van der Waals surface area contributed by atoms with Gasteiger partial charge in [-0.2, -0.15) is 0 Å². The number of ether oxygens (including phenoxy) is 1. The number of hydrogen-bond acceptors (Lipinski definition) is 4. The van der Waals surface area contributed by atoms with Gasteiger partial charge in [0.15, 0.2) is 0 Å². The zero-order valence-electron chi connectivity index (χ0n) is 10.5. The van der Waals surface area contributed by atoms with Crippen molar-refractivity contribution in [3.63, 3.8) is 0 Å². The van der Waals surface area contributed by atoms with E-state index in [1.807, 2.05) is 0 Å². The van der Waals surface area contributed by atoms with Crippen molar-refractivity contribution >= 4 is 29.3 Å². The minimum absolute atomic E-state index is 0.149. The van der Waals surface area contributed by atoms with Crippen LogP contribution in [0, 0.1) is 0 Å². The molecule has 1 saturated carbocycles. The summed E-state index contributed by atoms with van der Waals surface area (Å²) < 4.78 is 5.15. The summed E-state index contributed by atoms with van der Waals surface area (Å²) in [6.45, 7) is 0. The van der Waals surface area contributed by atoms with Crippen LogP contribution in [0.25, 0.3) is 6.08 Å². The summed E-state index contributed by atoms with van der Waals surface area (Å²) in [4.78, 5) is 23.1. The van der Waals surface area contributed by atoms with Crippen molar-refractivity contribution in [3.8, 4) is 0 Å². The SMILES string of the molecule is COC1CC(NC(=O)c2sccc2/C=C/C(=O)O)C1. The minimum atomic E-state index is -1.03. The topological polar surface area (TPSA) is 75.6 Å². The quantitative estimate of drug-likeness (QED) is 0.806. The number of aliphatic carboxylic acids is 1. The molecule has 6 heteroatoms. The molecule has 0 bridgehead atoms. The molecule has 1 heterocycles. The van der Waals surface area contributed by atoms with Crippen molar-refractivity contribution in [3.05, 3.63) is 28.0 Å². The third kappa shape index (κ3) is 3.42. The number of carboxylic acids is 1. The van der Waals surface area contributed by atoms with Crippen LogP contribution in [-0.4, -0.2) is 36.2 Å². The van der Waals surface area contributed by atoms with Gasteiger partial charge in [0.05, 0.1) is 11.0 Å². The van der Waals surface area contributed by atoms with Gasteiger partial charge in [0.1, 0.15) is 0 Å². The van der Waals surface area contributed by atoms with E-state index < -0.39 is 5.97 Å². The van der Waals surface area contributed by atoms with Gasteiger partial charge in [0.25, 0.3) is 5.91 Å². The molecule has 5 nitrogen and oxygen atoms in total. The highest BCUT2D eigenvalue weighted by atomic mass is 32.1. The maximum absolute atomic E-state index is 12.0. The van der Waals surface area contributed by atoms with Crippen LogP contribution in [0.5, 0.6) is 0 Å². The van der Waals surface area contributed by atoms with Crippen molar-refractivity contribution in [1.82, 2.24) is 5.32 Å². The molecule has 0 aromatic carbocycles. The van der Waals surface area contributed by atoms with Crippen molar-refractivity contribution in [2.24, 2.45) is 0 Å². The molecule has 1 aliphatic rings. The monoisotopic (exact) mass is 281 g/mol. The van der Waals surface area contributed by atoms with Crippen molar-refractivity contribution < 1.29 is 19.4 Å². The van der Waals surface area contributed by atoms with Crippen LogP contribution in [0.3, 0.4) is 0 Å². The largest absolute Gasteiger partial charge is 0.478 e. The van der Waals surface area contributed by atoms with Gasteiger partial charge in [-0.25, -0.2) is 4.79 Å². The van der Waals surface area contributed by atoms with Crippen molar-refractivity contribution in [2.75, 3.05) is 7.11 Å². The minimum Gasteiger partial charge on any atom is -0.478 e. The molecule has 0 aliphatic heterocycles. The Bertz CT molecular complexity index is 502. The van der Waals surface area contributed by atoms with Gasteiger partial charge >= 0.3 is 5.97 Å². The third-order valence-corrected chi connectivity index (χ3v) is 4.00. The Morgan fingerprint density at radius 1 is 1.53 bits per heavy atom. The number of nitrogens with one attached hydrogen (secondary N) is 1. The predicted octanol–water partition coefficient (Wildman–Crippen LogP) is 1.75. The van der Waals surface area contributed by atoms with Crippen LogP contribution in [-0.2, 0) is 9.53 Å². The number of carboxylic acid groups (broad SMARTS) is 1. The standard InChI is InChI=1S/C13H15NO4S/c1-18-10-6-9(7-10)14-13(17)12-8(4-5-19-12)2-3-11(15)16/h2-5,9-10H,6-7H2,1H3,(H,14,17)(H,15,16)/b3-2+. The van der Waals surface area contributed by atoms with E-state index in [0.717, 1.165) is 18.9 Å². The molecule has 1 amide bonds. The Morgan fingerprint density at radius 2 is 2.26 bits per heavy atom. The highest BCUT2D eigenvalue weighted by Crippen LogP contribution is 2.24. The molecule has 0 atom stereocenters. The number of carbonyl (C=O) groups excluding carboxylic acids is 1. The summed E-state index contributed by atoms with van der Waals surface area (Å²) in [7, 11) is 1.66. The van der Waals surface area contributed by atoms with Crippen LogP contribution in [0.2, 0.25) is 0 Å². The first-order valence-corrected chi connectivity index (χ1v) is 6.80. The molecule has 0 unspecified atom stereocenters. The highest BCUT2D eigenvalue weighted by Gasteiger charge is 2.30. The van der Waals surface area contributed by atoms with E-state index in [4.69, 9.17) is 9.84 Å². The van der Waals surface area contributed by atoms with E-state index in [-0.39, 0.29) is 18.1 Å². The van der Waals surface area contributed by atoms with Crippen LogP contribution in [0.1, 0.15) is 28.1 Å². The summed E-state index contributed by atoms with van der Waals surface area (Å²) in [5, 5.41) is 13.3. The Morgan fingerprint density at radius 3 is 2.89 bits per heavy atom. The van der Waals surface area contributed by atoms with Gasteiger partial charge in [-0.3, -0.25) is 4.79 Å². The Labute approximate surface area is 114 Å². The number of amides is 1. The van der Waals surface area contributed by atoms with Crippen LogP contribution in [0.15, 0.2) is 17.5 Å². The second kappa shape index (κ2) is 5.99. The maximum Gasteiger partial charge on any atom is 0.328 e. The maximum atomic E-state index is 12.0. The molecular weight excluding hydrogens is 266 g/mol. The number of rotatable bonds is 5. The normalized spacial score (nSPS) is 22.2. The lowest BCUT2D eigenvalue weighted by molar-refractivity contribution is -0.131. The van der Waals surface area contributed by atoms with E-state index in [2.05, 4.69) is 5.32 Å². The summed E-state index contributed by atoms with van der Waals surface area (Å²) in [6, 6.07) is 1.88. The molecule has 1 aromatic heterocycles. The fraction of sp³-hybridized carbons (Fsp3) is 0.385. The molecule has 102 valence electrons. The molecule has 19 heavy (non-hydrogen) atoms. The van der Waals surface area contributed by atoms with Gasteiger partial charge in [0.2, 0.25) is 0 Å². The average Bonchev–Trinajstić information content (AvgIpc) is 2.78. The first-order valence-electron chi connectivity index (χ1n) is 5.92. The first kappa shape index (κ1) is 13.8. The molecule has 2 N–H and O–H groups in total. The molecule has 1 aromatic rings. The van der Waals surface area contributed by atoms with Crippen molar-refractivity contribution in [2.45, 2.75) is 25.0 Å². The molecule has 0 radical (unpaired) electrons. The molecule has 1 fully saturated rings. The van der Waals surface area contributed by atoms with Gasteiger partial charge < -0.3 is 15.2 Å². The predicted molar refractivity (Wildman–Crippen MR) is 72.3 cm³/mol. The zero-order valence-corrected chi connectivity index (χ0v) is 11.3. The fourth-order valence-corrected chi connectivity index (χ4v) is 2.71. The van der Waals surface area contributed by atoms with E-state index in [1.54, 1.807) is 18.6 Å². The van der Waals surface area contributed by atoms with E-state index in [9.17, 15) is 9.59 Å². The molecular formula is C13H15NO4S. The molecule has 2 rings (SSSR count). The summed E-state index contributed by atoms with van der Waals surface area (Å²) >= 11 is 1.30. The van der Waals surface area contributed by atoms with Gasteiger partial charge in [-0.1, -0.05) is 0 Å². The Kier molecular flexibility index (Phi) is 4.34. The van der Waals surface area contributed by atoms with Gasteiger partial charge in [0, 0.05) is 19.2 Å². The molecule has 0 spiro atoms. The number of hydrogen-bond donors (Lipinski definition) is 2. The van der Waals surface area contributed by atoms with Crippen LogP contribution >= 0.6 is 11.3 Å². The third-order valence-electron chi connectivity index (χ3n) is 3.07. The molecule has 0 saturated heterocycles. The van der Waals surface area contributed by atoms with Gasteiger partial charge in [-0.15, -0.1) is 11.3 Å². The summed E-state index contributed by atoms with van der Waals surface area (Å²) in [6.07, 6.45) is 4.36. The van der Waals surface area contributed by atoms with E-state index in [1.165, 1.54) is 17.4 Å². The number of thiophene rings is 1. The Hall–Kier alpha value is -1.66. The zero-order chi connectivity index (χ0) is 13.8. The fourth-order valence-electron chi connectivity index (χ4n) is 1.92. The lowest BCUT2D eigenvalue weighted by Crippen LogP contribution is -2.47. The van der Waals surface area contributed by atoms with Crippen LogP contribution < -0.4 is 5.32 Å². The lowest BCUT2D eigenvalue weighted by Gasteiger charge is -2.34. The van der Waals surface area contributed by atoms with E-state index >= 15 is 0 Å². The lowest BCUT2D eigenvalue weighted by atomic mass is 9.89. The molecule has 1 aliphatic carbocycles. The summed E-state index contributed by atoms with van der Waals surface area (Å²) in [5.74, 6) is -1.18. The van der Waals surface area contributed by atoms with Gasteiger partial charge in [-0.05, 0) is 35.9 Å². The highest BCUT2D eigenvalue weighted by molar-refractivity contribution is 7.12. The van der Waals surface area contributed by atoms with Crippen LogP contribution in [0.4, 0.5) is 0 Å². The average molecular weight is 281 g/mol. The Balaban J connectivity index is 1.96. The van der Waals surface area contributed by atoms with Crippen molar-refractivity contribution in [1.29, 1.82) is 0 Å². The second-order valence-corrected chi connectivity index (χ2v) is 5.29. The summed E-state index contributed by atoms with van der Waals surface area (Å²) in [5.41, 5.74) is 0.632. The first-order chi connectivity index (χ1) is 9.10. The second-order valence-electron chi connectivity index (χ2n) is 4.38. The van der Waals surface area contributed by atoms with E-state index in [0.29, 0.717) is 10.4 Å².